The summed E-state index contributed by atoms with van der Waals surface area (Å²) in [6, 6.07) is 19.8. The molecule has 0 bridgehead atoms. The fourth-order valence-electron chi connectivity index (χ4n) is 2.62. The minimum atomic E-state index is -0.308. The fourth-order valence-corrected chi connectivity index (χ4v) is 2.62. The molecule has 0 saturated carbocycles. The van der Waals surface area contributed by atoms with Gasteiger partial charge < -0.3 is 4.90 Å². The van der Waals surface area contributed by atoms with Crippen LogP contribution in [0.3, 0.4) is 0 Å². The number of carbonyl (C=O) groups excluding carboxylic acids is 2. The standard InChI is InChI=1S/C17H16N2O2/c20-16-12-19(17(21)18-16)11-15(13-7-3-1-4-8-13)14-9-5-2-6-10-14/h1-10,15H,11-12H2,(H,18,20,21). The van der Waals surface area contributed by atoms with Crippen LogP contribution in [0.5, 0.6) is 0 Å². The third-order valence-corrected chi connectivity index (χ3v) is 3.67. The lowest BCUT2D eigenvalue weighted by atomic mass is 9.91. The van der Waals surface area contributed by atoms with E-state index in [1.165, 1.54) is 0 Å². The topological polar surface area (TPSA) is 49.4 Å². The van der Waals surface area contributed by atoms with Gasteiger partial charge in [-0.05, 0) is 11.1 Å². The minimum Gasteiger partial charge on any atom is -0.314 e. The van der Waals surface area contributed by atoms with Crippen LogP contribution >= 0.6 is 0 Å². The molecule has 0 spiro atoms. The Hall–Kier alpha value is -2.62. The molecule has 2 aromatic carbocycles. The number of amides is 3. The number of nitrogens with zero attached hydrogens (tertiary/aromatic N) is 1. The zero-order chi connectivity index (χ0) is 14.7. The van der Waals surface area contributed by atoms with Crippen molar-refractivity contribution in [2.24, 2.45) is 0 Å². The van der Waals surface area contributed by atoms with Crippen molar-refractivity contribution < 1.29 is 9.59 Å². The molecule has 3 amide bonds. The Morgan fingerprint density at radius 2 is 1.43 bits per heavy atom. The number of urea groups is 1. The Balaban J connectivity index is 1.90. The van der Waals surface area contributed by atoms with E-state index in [1.54, 1.807) is 4.90 Å². The van der Waals surface area contributed by atoms with E-state index in [2.05, 4.69) is 5.32 Å². The van der Waals surface area contributed by atoms with E-state index in [-0.39, 0.29) is 24.4 Å². The summed E-state index contributed by atoms with van der Waals surface area (Å²) in [6.07, 6.45) is 0. The van der Waals surface area contributed by atoms with Gasteiger partial charge in [0.1, 0.15) is 6.54 Å². The van der Waals surface area contributed by atoms with Gasteiger partial charge in [-0.1, -0.05) is 60.7 Å². The average molecular weight is 280 g/mol. The maximum atomic E-state index is 11.8. The molecule has 1 fully saturated rings. The predicted molar refractivity (Wildman–Crippen MR) is 79.8 cm³/mol. The van der Waals surface area contributed by atoms with Crippen LogP contribution in [0.4, 0.5) is 4.79 Å². The highest BCUT2D eigenvalue weighted by Crippen LogP contribution is 2.26. The number of hydrogen-bond acceptors (Lipinski definition) is 2. The van der Waals surface area contributed by atoms with Crippen LogP contribution in [0.2, 0.25) is 0 Å². The van der Waals surface area contributed by atoms with Gasteiger partial charge in [0.2, 0.25) is 5.91 Å². The van der Waals surface area contributed by atoms with E-state index in [1.807, 2.05) is 60.7 Å². The number of imide groups is 1. The minimum absolute atomic E-state index is 0.0593. The van der Waals surface area contributed by atoms with Gasteiger partial charge in [-0.2, -0.15) is 0 Å². The van der Waals surface area contributed by atoms with E-state index < -0.39 is 0 Å². The lowest BCUT2D eigenvalue weighted by molar-refractivity contribution is -0.118. The van der Waals surface area contributed by atoms with Gasteiger partial charge in [0.05, 0.1) is 0 Å². The molecule has 2 aromatic rings. The van der Waals surface area contributed by atoms with Gasteiger partial charge in [0.15, 0.2) is 0 Å². The Bertz CT molecular complexity index is 601. The maximum absolute atomic E-state index is 11.8. The zero-order valence-corrected chi connectivity index (χ0v) is 11.5. The molecule has 1 aliphatic rings. The van der Waals surface area contributed by atoms with E-state index >= 15 is 0 Å². The second kappa shape index (κ2) is 5.79. The molecule has 1 aliphatic heterocycles. The number of carbonyl (C=O) groups is 2. The molecule has 1 saturated heterocycles. The van der Waals surface area contributed by atoms with Crippen LogP contribution in [-0.4, -0.2) is 29.9 Å². The summed E-state index contributed by atoms with van der Waals surface area (Å²) in [5.74, 6) is -0.177. The van der Waals surface area contributed by atoms with E-state index in [0.717, 1.165) is 11.1 Å². The highest BCUT2D eigenvalue weighted by molar-refractivity contribution is 6.01. The summed E-state index contributed by atoms with van der Waals surface area (Å²) in [4.78, 5) is 24.7. The van der Waals surface area contributed by atoms with Crippen molar-refractivity contribution in [2.75, 3.05) is 13.1 Å². The summed E-state index contributed by atoms with van der Waals surface area (Å²) < 4.78 is 0. The largest absolute Gasteiger partial charge is 0.324 e. The van der Waals surface area contributed by atoms with E-state index in [4.69, 9.17) is 0 Å². The Kier molecular flexibility index (Phi) is 3.69. The van der Waals surface area contributed by atoms with Crippen molar-refractivity contribution in [1.82, 2.24) is 10.2 Å². The summed E-state index contributed by atoms with van der Waals surface area (Å²) in [7, 11) is 0. The second-order valence-electron chi connectivity index (χ2n) is 5.11. The van der Waals surface area contributed by atoms with Crippen LogP contribution in [0.1, 0.15) is 17.0 Å². The Labute approximate surface area is 123 Å². The molecule has 106 valence electrons. The van der Waals surface area contributed by atoms with Crippen LogP contribution in [0.15, 0.2) is 60.7 Å². The van der Waals surface area contributed by atoms with Gasteiger partial charge >= 0.3 is 6.03 Å². The van der Waals surface area contributed by atoms with Gasteiger partial charge in [0, 0.05) is 12.5 Å². The van der Waals surface area contributed by atoms with Crippen LogP contribution < -0.4 is 5.32 Å². The lowest BCUT2D eigenvalue weighted by Crippen LogP contribution is -2.32. The summed E-state index contributed by atoms with van der Waals surface area (Å²) in [6.45, 7) is 0.626. The molecular formula is C17H16N2O2. The first-order chi connectivity index (χ1) is 10.2. The molecule has 0 aliphatic carbocycles. The molecule has 1 heterocycles. The molecular weight excluding hydrogens is 264 g/mol. The monoisotopic (exact) mass is 280 g/mol. The lowest BCUT2D eigenvalue weighted by Gasteiger charge is -2.23. The molecule has 0 aromatic heterocycles. The van der Waals surface area contributed by atoms with E-state index in [9.17, 15) is 9.59 Å². The predicted octanol–water partition coefficient (Wildman–Crippen LogP) is 2.37. The Morgan fingerprint density at radius 1 is 0.905 bits per heavy atom. The molecule has 0 radical (unpaired) electrons. The molecule has 0 atom stereocenters. The van der Waals surface area contributed by atoms with Gasteiger partial charge in [-0.25, -0.2) is 4.79 Å². The van der Waals surface area contributed by atoms with Gasteiger partial charge in [0.25, 0.3) is 0 Å². The SMILES string of the molecule is O=C1CN(CC(c2ccccc2)c2ccccc2)C(=O)N1. The van der Waals surface area contributed by atoms with Crippen LogP contribution in [0.25, 0.3) is 0 Å². The van der Waals surface area contributed by atoms with E-state index in [0.29, 0.717) is 6.54 Å². The van der Waals surface area contributed by atoms with Crippen LogP contribution in [0, 0.1) is 0 Å². The van der Waals surface area contributed by atoms with Crippen molar-refractivity contribution >= 4 is 11.9 Å². The summed E-state index contributed by atoms with van der Waals surface area (Å²) >= 11 is 0. The normalized spacial score (nSPS) is 14.6. The first kappa shape index (κ1) is 13.4. The van der Waals surface area contributed by atoms with Crippen molar-refractivity contribution in [3.63, 3.8) is 0 Å². The van der Waals surface area contributed by atoms with Gasteiger partial charge in [-0.15, -0.1) is 0 Å². The maximum Gasteiger partial charge on any atom is 0.324 e. The smallest absolute Gasteiger partial charge is 0.314 e. The summed E-state index contributed by atoms with van der Waals surface area (Å²) in [5.41, 5.74) is 2.27. The van der Waals surface area contributed by atoms with Crippen molar-refractivity contribution in [1.29, 1.82) is 0 Å². The quantitative estimate of drug-likeness (QED) is 0.874. The molecule has 1 N–H and O–H groups in total. The highest BCUT2D eigenvalue weighted by atomic mass is 16.2. The summed E-state index contributed by atoms with van der Waals surface area (Å²) in [5, 5.41) is 2.32. The number of hydrogen-bond donors (Lipinski definition) is 1. The third-order valence-electron chi connectivity index (χ3n) is 3.67. The third kappa shape index (κ3) is 2.94. The zero-order valence-electron chi connectivity index (χ0n) is 11.5. The molecule has 4 heteroatoms. The second-order valence-corrected chi connectivity index (χ2v) is 5.11. The first-order valence-corrected chi connectivity index (χ1v) is 6.92. The Morgan fingerprint density at radius 3 is 1.86 bits per heavy atom. The first-order valence-electron chi connectivity index (χ1n) is 6.92. The average Bonchev–Trinajstić information content (AvgIpc) is 2.84. The molecule has 0 unspecified atom stereocenters. The molecule has 21 heavy (non-hydrogen) atoms. The molecule has 4 nitrogen and oxygen atoms in total. The number of benzene rings is 2. The number of rotatable bonds is 4. The van der Waals surface area contributed by atoms with Crippen molar-refractivity contribution in [3.8, 4) is 0 Å². The fraction of sp³-hybridized carbons (Fsp3) is 0.176. The van der Waals surface area contributed by atoms with Crippen LogP contribution in [-0.2, 0) is 4.79 Å². The van der Waals surface area contributed by atoms with Crippen molar-refractivity contribution in [3.05, 3.63) is 71.8 Å². The number of nitrogens with one attached hydrogen (secondary N) is 1. The highest BCUT2D eigenvalue weighted by Gasteiger charge is 2.29. The molecule has 3 rings (SSSR count). The van der Waals surface area contributed by atoms with Gasteiger partial charge in [-0.3, -0.25) is 10.1 Å². The van der Waals surface area contributed by atoms with Crippen molar-refractivity contribution in [2.45, 2.75) is 5.92 Å².